The number of rotatable bonds is 1. The first-order valence-corrected chi connectivity index (χ1v) is 6.11. The number of ketones is 1. The van der Waals surface area contributed by atoms with Crippen molar-refractivity contribution in [2.45, 2.75) is 31.6 Å². The molecular weight excluding hydrogens is 230 g/mol. The number of ether oxygens (including phenoxy) is 1. The van der Waals surface area contributed by atoms with Crippen molar-refractivity contribution in [1.29, 1.82) is 0 Å². The number of amides is 1. The second kappa shape index (κ2) is 4.24. The van der Waals surface area contributed by atoms with Gasteiger partial charge in [-0.1, -0.05) is 0 Å². The molecule has 1 spiro atoms. The summed E-state index contributed by atoms with van der Waals surface area (Å²) in [6.45, 7) is 3.49. The molecule has 0 bridgehead atoms. The molecule has 0 aromatic carbocycles. The smallest absolute Gasteiger partial charge is 0.409 e. The summed E-state index contributed by atoms with van der Waals surface area (Å²) in [5.41, 5.74) is -0.0400. The van der Waals surface area contributed by atoms with Gasteiger partial charge in [0.25, 0.3) is 0 Å². The lowest BCUT2D eigenvalue weighted by molar-refractivity contribution is -0.134. The average molecular weight is 246 g/mol. The van der Waals surface area contributed by atoms with Gasteiger partial charge in [0.05, 0.1) is 12.0 Å². The van der Waals surface area contributed by atoms with Crippen molar-refractivity contribution < 1.29 is 14.3 Å². The highest BCUT2D eigenvalue weighted by molar-refractivity contribution is 6.34. The number of halogens is 1. The third-order valence-electron chi connectivity index (χ3n) is 3.63. The van der Waals surface area contributed by atoms with Gasteiger partial charge in [-0.3, -0.25) is 4.79 Å². The summed E-state index contributed by atoms with van der Waals surface area (Å²) < 4.78 is 4.94. The molecule has 1 saturated carbocycles. The summed E-state index contributed by atoms with van der Waals surface area (Å²) in [5, 5.41) is -0.336. The molecule has 2 rings (SSSR count). The fourth-order valence-corrected chi connectivity index (χ4v) is 2.89. The minimum absolute atomic E-state index is 0.0400. The Morgan fingerprint density at radius 2 is 2.19 bits per heavy atom. The number of piperidine rings is 1. The van der Waals surface area contributed by atoms with Crippen LogP contribution in [0.1, 0.15) is 26.2 Å². The lowest BCUT2D eigenvalue weighted by atomic mass is 9.62. The highest BCUT2D eigenvalue weighted by Gasteiger charge is 2.53. The van der Waals surface area contributed by atoms with Crippen molar-refractivity contribution in [2.24, 2.45) is 5.41 Å². The maximum Gasteiger partial charge on any atom is 0.409 e. The molecule has 1 unspecified atom stereocenters. The molecule has 16 heavy (non-hydrogen) atoms. The molecule has 1 heterocycles. The van der Waals surface area contributed by atoms with Gasteiger partial charge in [0.15, 0.2) is 5.78 Å². The van der Waals surface area contributed by atoms with E-state index in [4.69, 9.17) is 16.3 Å². The van der Waals surface area contributed by atoms with E-state index in [2.05, 4.69) is 0 Å². The minimum Gasteiger partial charge on any atom is -0.450 e. The van der Waals surface area contributed by atoms with Crippen LogP contribution in [0.25, 0.3) is 0 Å². The van der Waals surface area contributed by atoms with E-state index in [1.54, 1.807) is 11.8 Å². The lowest BCUT2D eigenvalue weighted by Crippen LogP contribution is -2.56. The molecule has 90 valence electrons. The highest BCUT2D eigenvalue weighted by Crippen LogP contribution is 2.49. The summed E-state index contributed by atoms with van der Waals surface area (Å²) in [5.74, 6) is 0.145. The first-order valence-electron chi connectivity index (χ1n) is 5.67. The quantitative estimate of drug-likeness (QED) is 0.662. The Balaban J connectivity index is 1.88. The number of carbonyl (C=O) groups excluding carboxylic acids is 2. The predicted molar refractivity (Wildman–Crippen MR) is 59.5 cm³/mol. The van der Waals surface area contributed by atoms with E-state index >= 15 is 0 Å². The van der Waals surface area contributed by atoms with E-state index in [9.17, 15) is 9.59 Å². The summed E-state index contributed by atoms with van der Waals surface area (Å²) in [6, 6.07) is 0. The summed E-state index contributed by atoms with van der Waals surface area (Å²) in [7, 11) is 0. The van der Waals surface area contributed by atoms with Crippen LogP contribution in [0, 0.1) is 5.41 Å². The van der Waals surface area contributed by atoms with Gasteiger partial charge in [-0.2, -0.15) is 0 Å². The van der Waals surface area contributed by atoms with Crippen molar-refractivity contribution in [3.8, 4) is 0 Å². The molecule has 2 fully saturated rings. The normalized spacial score (nSPS) is 27.8. The lowest BCUT2D eigenvalue weighted by Gasteiger charge is -2.49. The molecule has 1 amide bonds. The topological polar surface area (TPSA) is 46.6 Å². The van der Waals surface area contributed by atoms with Gasteiger partial charge in [0, 0.05) is 24.9 Å². The summed E-state index contributed by atoms with van der Waals surface area (Å²) >= 11 is 6.04. The van der Waals surface area contributed by atoms with Crippen molar-refractivity contribution in [2.75, 3.05) is 19.7 Å². The third kappa shape index (κ3) is 1.79. The zero-order valence-corrected chi connectivity index (χ0v) is 10.1. The summed E-state index contributed by atoms with van der Waals surface area (Å²) in [4.78, 5) is 24.3. The van der Waals surface area contributed by atoms with Crippen molar-refractivity contribution in [1.82, 2.24) is 4.90 Å². The Morgan fingerprint density at radius 3 is 2.62 bits per heavy atom. The van der Waals surface area contributed by atoms with Gasteiger partial charge in [-0.05, 0) is 19.8 Å². The van der Waals surface area contributed by atoms with Crippen LogP contribution in [0.5, 0.6) is 0 Å². The van der Waals surface area contributed by atoms with E-state index < -0.39 is 0 Å². The van der Waals surface area contributed by atoms with Crippen LogP contribution in [-0.2, 0) is 9.53 Å². The molecule has 4 nitrogen and oxygen atoms in total. The van der Waals surface area contributed by atoms with E-state index in [1.807, 2.05) is 0 Å². The Hall–Kier alpha value is -0.770. The van der Waals surface area contributed by atoms with Crippen molar-refractivity contribution in [3.63, 3.8) is 0 Å². The predicted octanol–water partition coefficient (Wildman–Crippen LogP) is 1.81. The largest absolute Gasteiger partial charge is 0.450 e. The van der Waals surface area contributed by atoms with E-state index in [0.29, 0.717) is 26.1 Å². The van der Waals surface area contributed by atoms with Crippen molar-refractivity contribution >= 4 is 23.5 Å². The van der Waals surface area contributed by atoms with Crippen LogP contribution in [0.4, 0.5) is 4.79 Å². The molecule has 5 heteroatoms. The van der Waals surface area contributed by atoms with Crippen LogP contribution < -0.4 is 0 Å². The van der Waals surface area contributed by atoms with E-state index in [0.717, 1.165) is 12.8 Å². The molecule has 1 aliphatic heterocycles. The number of alkyl halides is 1. The van der Waals surface area contributed by atoms with Crippen LogP contribution in [0.15, 0.2) is 0 Å². The molecule has 2 aliphatic rings. The Labute approximate surface area is 99.9 Å². The maximum atomic E-state index is 11.5. The number of hydrogen-bond acceptors (Lipinski definition) is 3. The minimum atomic E-state index is -0.336. The molecule has 1 saturated heterocycles. The second-order valence-corrected chi connectivity index (χ2v) is 4.99. The maximum absolute atomic E-state index is 11.5. The Kier molecular flexibility index (Phi) is 3.10. The monoisotopic (exact) mass is 245 g/mol. The molecule has 0 radical (unpaired) electrons. The molecule has 0 N–H and O–H groups in total. The zero-order valence-electron chi connectivity index (χ0n) is 9.37. The van der Waals surface area contributed by atoms with E-state index in [1.165, 1.54) is 0 Å². The molecule has 1 atom stereocenters. The number of Topliss-reactive ketones (excluding diaryl/α,β-unsaturated/α-hetero) is 1. The Morgan fingerprint density at radius 1 is 1.56 bits per heavy atom. The van der Waals surface area contributed by atoms with Gasteiger partial charge in [0.2, 0.25) is 0 Å². The number of hydrogen-bond donors (Lipinski definition) is 0. The van der Waals surface area contributed by atoms with Crippen LogP contribution in [0.3, 0.4) is 0 Å². The SMILES string of the molecule is CCOC(=O)N1CCC2(CC1)CC(=O)C2Cl. The second-order valence-electron chi connectivity index (χ2n) is 4.55. The molecule has 0 aromatic rings. The van der Waals surface area contributed by atoms with Crippen LogP contribution in [0.2, 0.25) is 0 Å². The highest BCUT2D eigenvalue weighted by atomic mass is 35.5. The standard InChI is InChI=1S/C11H16ClNO3/c1-2-16-10(15)13-5-3-11(4-6-13)7-8(14)9(11)12/h9H,2-7H2,1H3. The summed E-state index contributed by atoms with van der Waals surface area (Å²) in [6.07, 6.45) is 1.95. The molecule has 0 aromatic heterocycles. The fourth-order valence-electron chi connectivity index (χ4n) is 2.52. The van der Waals surface area contributed by atoms with Gasteiger partial charge in [0.1, 0.15) is 0 Å². The van der Waals surface area contributed by atoms with E-state index in [-0.39, 0.29) is 22.7 Å². The first-order chi connectivity index (χ1) is 7.59. The zero-order chi connectivity index (χ0) is 11.8. The van der Waals surface area contributed by atoms with Gasteiger partial charge in [-0.15, -0.1) is 11.6 Å². The molecule has 1 aliphatic carbocycles. The molecular formula is C11H16ClNO3. The third-order valence-corrected chi connectivity index (χ3v) is 4.34. The average Bonchev–Trinajstić information content (AvgIpc) is 2.30. The Bertz CT molecular complexity index is 310. The van der Waals surface area contributed by atoms with Crippen LogP contribution in [-0.4, -0.2) is 41.8 Å². The van der Waals surface area contributed by atoms with Crippen LogP contribution >= 0.6 is 11.6 Å². The first kappa shape index (κ1) is 11.7. The van der Waals surface area contributed by atoms with Gasteiger partial charge < -0.3 is 9.64 Å². The number of likely N-dealkylation sites (tertiary alicyclic amines) is 1. The van der Waals surface area contributed by atoms with Gasteiger partial charge in [-0.25, -0.2) is 4.79 Å². The fraction of sp³-hybridized carbons (Fsp3) is 0.818. The number of nitrogens with zero attached hydrogens (tertiary/aromatic N) is 1. The number of carbonyl (C=O) groups is 2. The van der Waals surface area contributed by atoms with Crippen molar-refractivity contribution in [3.05, 3.63) is 0 Å². The van der Waals surface area contributed by atoms with Gasteiger partial charge >= 0.3 is 6.09 Å².